The van der Waals surface area contributed by atoms with Crippen molar-refractivity contribution in [3.8, 4) is 0 Å². The first kappa shape index (κ1) is 35.3. The van der Waals surface area contributed by atoms with E-state index in [2.05, 4.69) is 10.6 Å². The zero-order valence-electron chi connectivity index (χ0n) is 29.5. The molecule has 11 heteroatoms. The van der Waals surface area contributed by atoms with Gasteiger partial charge in [0.25, 0.3) is 5.91 Å². The molecule has 0 spiro atoms. The van der Waals surface area contributed by atoms with Crippen molar-refractivity contribution in [2.75, 3.05) is 25.0 Å². The predicted octanol–water partition coefficient (Wildman–Crippen LogP) is 6.19. The number of carbonyl (C=O) groups excluding carboxylic acids is 4. The molecule has 5 aromatic rings. The molecule has 0 saturated carbocycles. The average molecular weight is 713 g/mol. The first-order chi connectivity index (χ1) is 25.8. The van der Waals surface area contributed by atoms with Crippen LogP contribution >= 0.6 is 0 Å². The Morgan fingerprint density at radius 3 is 2.28 bits per heavy atom. The predicted molar refractivity (Wildman–Crippen MR) is 201 cm³/mol. The zero-order chi connectivity index (χ0) is 36.9. The van der Waals surface area contributed by atoms with Gasteiger partial charge in [0.1, 0.15) is 18.0 Å². The first-order valence-corrected chi connectivity index (χ1v) is 17.9. The molecule has 2 atom stereocenters. The number of amides is 5. The molecule has 7 rings (SSSR count). The number of nitrogens with zero attached hydrogens (tertiary/aromatic N) is 4. The largest absolute Gasteiger partial charge is 0.333 e. The van der Waals surface area contributed by atoms with E-state index in [4.69, 9.17) is 0 Å². The van der Waals surface area contributed by atoms with E-state index in [9.17, 15) is 23.6 Å². The van der Waals surface area contributed by atoms with E-state index in [1.165, 1.54) is 12.1 Å². The number of urea groups is 1. The van der Waals surface area contributed by atoms with Crippen molar-refractivity contribution in [3.63, 3.8) is 0 Å². The third kappa shape index (κ3) is 7.75. The summed E-state index contributed by atoms with van der Waals surface area (Å²) in [5.74, 6) is -0.997. The van der Waals surface area contributed by atoms with E-state index < -0.39 is 12.2 Å². The lowest BCUT2D eigenvalue weighted by Gasteiger charge is -2.46. The molecule has 2 aliphatic rings. The topological polar surface area (TPSA) is 105 Å². The van der Waals surface area contributed by atoms with Crippen LogP contribution in [0.25, 0.3) is 10.8 Å². The zero-order valence-corrected chi connectivity index (χ0v) is 29.5. The monoisotopic (exact) mass is 712 g/mol. The SMILES string of the molecule is CCCN(C(=O)NCc1ccc(F)cc1)N1CC(=O)N2[C@@H](Cc3ccc(NC(=O)c4ccccc4)cc3)C(=O)N(Cc3cccc4ccccc34)C[C@@H]21. The van der Waals surface area contributed by atoms with Crippen LogP contribution in [-0.4, -0.2) is 75.4 Å². The Hall–Kier alpha value is -6.07. The maximum Gasteiger partial charge on any atom is 0.332 e. The molecule has 2 fully saturated rings. The fourth-order valence-corrected chi connectivity index (χ4v) is 7.20. The van der Waals surface area contributed by atoms with Crippen LogP contribution < -0.4 is 10.6 Å². The quantitative estimate of drug-likeness (QED) is 0.170. The lowest BCUT2D eigenvalue weighted by atomic mass is 9.98. The van der Waals surface area contributed by atoms with E-state index in [-0.39, 0.29) is 55.6 Å². The molecule has 0 aromatic heterocycles. The number of hydrogen-bond acceptors (Lipinski definition) is 5. The molecule has 2 heterocycles. The van der Waals surface area contributed by atoms with Crippen molar-refractivity contribution in [2.45, 2.75) is 45.1 Å². The summed E-state index contributed by atoms with van der Waals surface area (Å²) in [6.07, 6.45) is 0.294. The van der Waals surface area contributed by atoms with Gasteiger partial charge in [0.2, 0.25) is 11.8 Å². The summed E-state index contributed by atoms with van der Waals surface area (Å²) < 4.78 is 13.5. The van der Waals surface area contributed by atoms with Crippen molar-refractivity contribution in [2.24, 2.45) is 0 Å². The van der Waals surface area contributed by atoms with Crippen LogP contribution in [0.4, 0.5) is 14.9 Å². The van der Waals surface area contributed by atoms with Crippen molar-refractivity contribution in [1.82, 2.24) is 25.1 Å². The first-order valence-electron chi connectivity index (χ1n) is 17.9. The highest BCUT2D eigenvalue weighted by atomic mass is 19.1. The number of carbonyl (C=O) groups is 4. The summed E-state index contributed by atoms with van der Waals surface area (Å²) in [6.45, 7) is 2.97. The number of piperazine rings is 1. The van der Waals surface area contributed by atoms with Crippen LogP contribution in [0.1, 0.15) is 40.4 Å². The van der Waals surface area contributed by atoms with Gasteiger partial charge >= 0.3 is 6.03 Å². The molecule has 10 nitrogen and oxygen atoms in total. The van der Waals surface area contributed by atoms with Gasteiger partial charge in [0, 0.05) is 37.3 Å². The number of nitrogens with one attached hydrogen (secondary N) is 2. The second-order valence-electron chi connectivity index (χ2n) is 13.4. The molecule has 0 bridgehead atoms. The van der Waals surface area contributed by atoms with Crippen LogP contribution in [0.15, 0.2) is 121 Å². The molecule has 270 valence electrons. The minimum atomic E-state index is -0.822. The normalized spacial score (nSPS) is 17.2. The average Bonchev–Trinajstić information content (AvgIpc) is 3.50. The molecule has 53 heavy (non-hydrogen) atoms. The fraction of sp³-hybridized carbons (Fsp3) is 0.238. The smallest absolute Gasteiger partial charge is 0.332 e. The molecule has 2 aliphatic heterocycles. The summed E-state index contributed by atoms with van der Waals surface area (Å²) in [6, 6.07) is 35.1. The van der Waals surface area contributed by atoms with Crippen molar-refractivity contribution < 1.29 is 23.6 Å². The second-order valence-corrected chi connectivity index (χ2v) is 13.4. The number of benzene rings is 5. The van der Waals surface area contributed by atoms with Crippen LogP contribution in [0.3, 0.4) is 0 Å². The van der Waals surface area contributed by atoms with E-state index in [1.54, 1.807) is 68.3 Å². The molecule has 2 saturated heterocycles. The summed E-state index contributed by atoms with van der Waals surface area (Å²) in [7, 11) is 0. The van der Waals surface area contributed by atoms with Crippen LogP contribution in [-0.2, 0) is 29.1 Å². The Kier molecular flexibility index (Phi) is 10.4. The third-order valence-corrected chi connectivity index (χ3v) is 9.82. The number of rotatable bonds is 11. The summed E-state index contributed by atoms with van der Waals surface area (Å²) in [4.78, 5) is 58.3. The number of fused-ring (bicyclic) bond motifs is 2. The standard InChI is InChI=1S/C42H41FN6O4/c1-2-23-47(42(53)44-25-30-15-19-34(43)20-16-30)48-28-39(50)49-37(24-29-17-21-35(22-18-29)45-40(51)32-10-4-3-5-11-32)41(52)46(27-38(48)49)26-33-13-8-12-31-9-6-7-14-36(31)33/h3-22,37-38H,2,23-28H2,1H3,(H,44,53)(H,45,51)/t37-,38+/m0/s1. The van der Waals surface area contributed by atoms with E-state index >= 15 is 0 Å². The minimum absolute atomic E-state index is 0.0645. The molecule has 0 radical (unpaired) electrons. The third-order valence-electron chi connectivity index (χ3n) is 9.82. The van der Waals surface area contributed by atoms with Gasteiger partial charge < -0.3 is 20.4 Å². The Balaban J connectivity index is 1.16. The Morgan fingerprint density at radius 2 is 1.53 bits per heavy atom. The van der Waals surface area contributed by atoms with Gasteiger partial charge in [-0.25, -0.2) is 9.18 Å². The van der Waals surface area contributed by atoms with Crippen molar-refractivity contribution in [3.05, 3.63) is 149 Å². The molecule has 0 unspecified atom stereocenters. The van der Waals surface area contributed by atoms with Gasteiger partial charge in [0.05, 0.1) is 13.1 Å². The maximum absolute atomic E-state index is 14.5. The molecule has 0 aliphatic carbocycles. The highest BCUT2D eigenvalue weighted by Crippen LogP contribution is 2.31. The van der Waals surface area contributed by atoms with Crippen LogP contribution in [0, 0.1) is 5.82 Å². The van der Waals surface area contributed by atoms with Gasteiger partial charge in [-0.2, -0.15) is 5.01 Å². The molecule has 5 amide bonds. The highest BCUT2D eigenvalue weighted by Gasteiger charge is 2.52. The number of hydrogen-bond donors (Lipinski definition) is 2. The van der Waals surface area contributed by atoms with Crippen molar-refractivity contribution in [1.29, 1.82) is 0 Å². The van der Waals surface area contributed by atoms with Gasteiger partial charge in [-0.15, -0.1) is 0 Å². The minimum Gasteiger partial charge on any atom is -0.333 e. The molecular weight excluding hydrogens is 671 g/mol. The number of halogens is 1. The maximum atomic E-state index is 14.5. The van der Waals surface area contributed by atoms with E-state index in [1.807, 2.05) is 67.6 Å². The Labute approximate surface area is 307 Å². The second kappa shape index (κ2) is 15.7. The lowest BCUT2D eigenvalue weighted by Crippen LogP contribution is -2.66. The molecular formula is C42H41FN6O4. The van der Waals surface area contributed by atoms with E-state index in [0.29, 0.717) is 30.8 Å². The van der Waals surface area contributed by atoms with Gasteiger partial charge in [0.15, 0.2) is 0 Å². The fourth-order valence-electron chi connectivity index (χ4n) is 7.20. The van der Waals surface area contributed by atoms with Gasteiger partial charge in [-0.1, -0.05) is 91.9 Å². The molecule has 2 N–H and O–H groups in total. The van der Waals surface area contributed by atoms with E-state index in [0.717, 1.165) is 27.5 Å². The Bertz CT molecular complexity index is 2110. The highest BCUT2D eigenvalue weighted by molar-refractivity contribution is 6.04. The number of anilines is 1. The summed E-state index contributed by atoms with van der Waals surface area (Å²) in [5.41, 5.74) is 3.70. The van der Waals surface area contributed by atoms with Crippen LogP contribution in [0.2, 0.25) is 0 Å². The van der Waals surface area contributed by atoms with Gasteiger partial charge in [-0.3, -0.25) is 19.4 Å². The lowest BCUT2D eigenvalue weighted by molar-refractivity contribution is -0.157. The van der Waals surface area contributed by atoms with Crippen molar-refractivity contribution >= 4 is 40.2 Å². The summed E-state index contributed by atoms with van der Waals surface area (Å²) in [5, 5.41) is 11.3. The van der Waals surface area contributed by atoms with Crippen LogP contribution in [0.5, 0.6) is 0 Å². The van der Waals surface area contributed by atoms with Gasteiger partial charge in [-0.05, 0) is 70.3 Å². The number of hydrazine groups is 1. The Morgan fingerprint density at radius 1 is 0.830 bits per heavy atom. The summed E-state index contributed by atoms with van der Waals surface area (Å²) >= 11 is 0. The molecule has 5 aromatic carbocycles.